The highest BCUT2D eigenvalue weighted by Crippen LogP contribution is 2.20. The molecular weight excluding hydrogens is 300 g/mol. The number of anilines is 1. The number of halogens is 1. The number of carbonyl (C=O) groups excluding carboxylic acids is 1. The summed E-state index contributed by atoms with van der Waals surface area (Å²) in [6, 6.07) is 12.5. The molecule has 0 bridgehead atoms. The van der Waals surface area contributed by atoms with Gasteiger partial charge in [-0.05, 0) is 48.4 Å². The van der Waals surface area contributed by atoms with E-state index in [-0.39, 0.29) is 6.03 Å². The molecule has 0 spiro atoms. The zero-order chi connectivity index (χ0) is 15.9. The SMILES string of the molecule is COc1cccc(/C=C/NC(=O)Nc2cc(Cl)ccc2C)c1. The third-order valence-electron chi connectivity index (χ3n) is 3.03. The summed E-state index contributed by atoms with van der Waals surface area (Å²) >= 11 is 5.92. The third kappa shape index (κ3) is 4.53. The summed E-state index contributed by atoms with van der Waals surface area (Å²) in [5, 5.41) is 5.98. The number of methoxy groups -OCH3 is 1. The number of ether oxygens (including phenoxy) is 1. The quantitative estimate of drug-likeness (QED) is 0.875. The van der Waals surface area contributed by atoms with Crippen molar-refractivity contribution in [3.8, 4) is 5.75 Å². The van der Waals surface area contributed by atoms with Gasteiger partial charge in [0.1, 0.15) is 5.75 Å². The van der Waals surface area contributed by atoms with Crippen LogP contribution in [0.15, 0.2) is 48.7 Å². The largest absolute Gasteiger partial charge is 0.497 e. The van der Waals surface area contributed by atoms with Gasteiger partial charge >= 0.3 is 6.03 Å². The van der Waals surface area contributed by atoms with Crippen LogP contribution in [0.3, 0.4) is 0 Å². The first-order chi connectivity index (χ1) is 10.6. The van der Waals surface area contributed by atoms with Crippen LogP contribution in [0.5, 0.6) is 5.75 Å². The number of aryl methyl sites for hydroxylation is 1. The lowest BCUT2D eigenvalue weighted by molar-refractivity contribution is 0.255. The summed E-state index contributed by atoms with van der Waals surface area (Å²) in [7, 11) is 1.61. The minimum Gasteiger partial charge on any atom is -0.497 e. The minimum absolute atomic E-state index is 0.329. The van der Waals surface area contributed by atoms with E-state index in [9.17, 15) is 4.79 Å². The molecule has 0 fully saturated rings. The maximum atomic E-state index is 11.8. The highest BCUT2D eigenvalue weighted by molar-refractivity contribution is 6.31. The summed E-state index contributed by atoms with van der Waals surface area (Å²) in [6.07, 6.45) is 3.36. The summed E-state index contributed by atoms with van der Waals surface area (Å²) < 4.78 is 5.14. The highest BCUT2D eigenvalue weighted by atomic mass is 35.5. The number of nitrogens with one attached hydrogen (secondary N) is 2. The Kier molecular flexibility index (Phi) is 5.44. The maximum absolute atomic E-state index is 11.8. The molecule has 0 unspecified atom stereocenters. The molecule has 114 valence electrons. The van der Waals surface area contributed by atoms with Crippen molar-refractivity contribution in [1.82, 2.24) is 5.32 Å². The Bertz CT molecular complexity index is 699. The van der Waals surface area contributed by atoms with E-state index in [0.717, 1.165) is 16.9 Å². The Labute approximate surface area is 134 Å². The van der Waals surface area contributed by atoms with Crippen LogP contribution in [-0.4, -0.2) is 13.1 Å². The molecule has 5 heteroatoms. The first kappa shape index (κ1) is 15.9. The van der Waals surface area contributed by atoms with Crippen LogP contribution < -0.4 is 15.4 Å². The molecule has 2 N–H and O–H groups in total. The van der Waals surface area contributed by atoms with Crippen LogP contribution in [0, 0.1) is 6.92 Å². The number of benzene rings is 2. The highest BCUT2D eigenvalue weighted by Gasteiger charge is 2.03. The molecular formula is C17H17ClN2O2. The van der Waals surface area contributed by atoms with Crippen molar-refractivity contribution in [2.24, 2.45) is 0 Å². The smallest absolute Gasteiger partial charge is 0.323 e. The number of amides is 2. The van der Waals surface area contributed by atoms with E-state index < -0.39 is 0 Å². The molecule has 0 aliphatic carbocycles. The van der Waals surface area contributed by atoms with Gasteiger partial charge in [-0.3, -0.25) is 0 Å². The number of rotatable bonds is 4. The van der Waals surface area contributed by atoms with Crippen molar-refractivity contribution in [2.45, 2.75) is 6.92 Å². The fraction of sp³-hybridized carbons (Fsp3) is 0.118. The first-order valence-electron chi connectivity index (χ1n) is 6.73. The van der Waals surface area contributed by atoms with Gasteiger partial charge in [0, 0.05) is 16.9 Å². The Balaban J connectivity index is 1.94. The lowest BCUT2D eigenvalue weighted by Gasteiger charge is -2.08. The van der Waals surface area contributed by atoms with Gasteiger partial charge in [-0.25, -0.2) is 4.79 Å². The van der Waals surface area contributed by atoms with Gasteiger partial charge in [0.15, 0.2) is 0 Å². The lowest BCUT2D eigenvalue weighted by Crippen LogP contribution is -2.24. The van der Waals surface area contributed by atoms with Crippen molar-refractivity contribution < 1.29 is 9.53 Å². The molecule has 0 saturated heterocycles. The van der Waals surface area contributed by atoms with Crippen molar-refractivity contribution in [3.63, 3.8) is 0 Å². The van der Waals surface area contributed by atoms with Crippen molar-refractivity contribution in [3.05, 3.63) is 64.8 Å². The van der Waals surface area contributed by atoms with E-state index in [1.165, 1.54) is 0 Å². The van der Waals surface area contributed by atoms with E-state index in [1.807, 2.05) is 37.3 Å². The summed E-state index contributed by atoms with van der Waals surface area (Å²) in [5.74, 6) is 0.765. The number of hydrogen-bond donors (Lipinski definition) is 2. The second kappa shape index (κ2) is 7.52. The first-order valence-corrected chi connectivity index (χ1v) is 7.10. The zero-order valence-corrected chi connectivity index (χ0v) is 13.1. The van der Waals surface area contributed by atoms with E-state index in [0.29, 0.717) is 10.7 Å². The minimum atomic E-state index is -0.329. The molecule has 2 aromatic carbocycles. The van der Waals surface area contributed by atoms with Crippen LogP contribution in [0.4, 0.5) is 10.5 Å². The molecule has 0 heterocycles. The number of carbonyl (C=O) groups is 1. The average molecular weight is 317 g/mol. The van der Waals surface area contributed by atoms with Gasteiger partial charge in [-0.1, -0.05) is 29.8 Å². The molecule has 4 nitrogen and oxygen atoms in total. The molecule has 0 aromatic heterocycles. The molecule has 2 rings (SSSR count). The monoisotopic (exact) mass is 316 g/mol. The molecule has 0 saturated carbocycles. The predicted octanol–water partition coefficient (Wildman–Crippen LogP) is 4.45. The second-order valence-electron chi connectivity index (χ2n) is 4.67. The third-order valence-corrected chi connectivity index (χ3v) is 3.27. The molecule has 22 heavy (non-hydrogen) atoms. The topological polar surface area (TPSA) is 50.4 Å². The van der Waals surface area contributed by atoms with Crippen molar-refractivity contribution in [2.75, 3.05) is 12.4 Å². The summed E-state index contributed by atoms with van der Waals surface area (Å²) in [5.41, 5.74) is 2.55. The van der Waals surface area contributed by atoms with Gasteiger partial charge in [0.25, 0.3) is 0 Å². The van der Waals surface area contributed by atoms with Gasteiger partial charge < -0.3 is 15.4 Å². The fourth-order valence-corrected chi connectivity index (χ4v) is 2.02. The zero-order valence-electron chi connectivity index (χ0n) is 12.4. The molecule has 0 aliphatic rings. The van der Waals surface area contributed by atoms with Crippen molar-refractivity contribution >= 4 is 29.4 Å². The Morgan fingerprint density at radius 3 is 2.82 bits per heavy atom. The average Bonchev–Trinajstić information content (AvgIpc) is 2.51. The van der Waals surface area contributed by atoms with Crippen molar-refractivity contribution in [1.29, 1.82) is 0 Å². The normalized spacial score (nSPS) is 10.5. The second-order valence-corrected chi connectivity index (χ2v) is 5.10. The molecule has 0 aliphatic heterocycles. The lowest BCUT2D eigenvalue weighted by atomic mass is 10.2. The van der Waals surface area contributed by atoms with Gasteiger partial charge in [0.2, 0.25) is 0 Å². The van der Waals surface area contributed by atoms with Crippen LogP contribution in [0.2, 0.25) is 5.02 Å². The predicted molar refractivity (Wildman–Crippen MR) is 90.4 cm³/mol. The molecule has 0 atom stereocenters. The Hall–Kier alpha value is -2.46. The summed E-state index contributed by atoms with van der Waals surface area (Å²) in [6.45, 7) is 1.90. The molecule has 2 amide bonds. The number of urea groups is 1. The van der Waals surface area contributed by atoms with Crippen LogP contribution >= 0.6 is 11.6 Å². The van der Waals surface area contributed by atoms with E-state index in [4.69, 9.17) is 16.3 Å². The Morgan fingerprint density at radius 1 is 1.23 bits per heavy atom. The van der Waals surface area contributed by atoms with Crippen LogP contribution in [0.25, 0.3) is 6.08 Å². The summed E-state index contributed by atoms with van der Waals surface area (Å²) in [4.78, 5) is 11.8. The van der Waals surface area contributed by atoms with Gasteiger partial charge in [-0.15, -0.1) is 0 Å². The van der Waals surface area contributed by atoms with Gasteiger partial charge in [0.05, 0.1) is 7.11 Å². The Morgan fingerprint density at radius 2 is 2.05 bits per heavy atom. The van der Waals surface area contributed by atoms with Crippen LogP contribution in [-0.2, 0) is 0 Å². The van der Waals surface area contributed by atoms with Crippen LogP contribution in [0.1, 0.15) is 11.1 Å². The van der Waals surface area contributed by atoms with E-state index in [2.05, 4.69) is 10.6 Å². The van der Waals surface area contributed by atoms with E-state index in [1.54, 1.807) is 31.5 Å². The molecule has 2 aromatic rings. The fourth-order valence-electron chi connectivity index (χ4n) is 1.85. The standard InChI is InChI=1S/C17H17ClN2O2/c1-12-6-7-14(18)11-16(12)20-17(21)19-9-8-13-4-3-5-15(10-13)22-2/h3-11H,1-2H3,(H2,19,20,21)/b9-8+. The van der Waals surface area contributed by atoms with E-state index >= 15 is 0 Å². The van der Waals surface area contributed by atoms with Gasteiger partial charge in [-0.2, -0.15) is 0 Å². The number of hydrogen-bond acceptors (Lipinski definition) is 2. The molecule has 0 radical (unpaired) electrons. The maximum Gasteiger partial charge on any atom is 0.323 e.